The number of rotatable bonds is 2. The van der Waals surface area contributed by atoms with Crippen LogP contribution in [0.2, 0.25) is 0 Å². The molecule has 122 valence electrons. The molecule has 1 heterocycles. The maximum atomic E-state index is 12.8. The number of halogens is 1. The second-order valence-electron chi connectivity index (χ2n) is 7.54. The van der Waals surface area contributed by atoms with E-state index < -0.39 is 5.41 Å². The van der Waals surface area contributed by atoms with Crippen LogP contribution in [0, 0.1) is 17.3 Å². The van der Waals surface area contributed by atoms with Gasteiger partial charge in [0, 0.05) is 17.3 Å². The number of aromatic nitrogens is 1. The molecule has 23 heavy (non-hydrogen) atoms. The molecule has 6 heteroatoms. The lowest BCUT2D eigenvalue weighted by Gasteiger charge is -2.59. The van der Waals surface area contributed by atoms with Gasteiger partial charge in [0.05, 0.1) is 11.0 Å². The summed E-state index contributed by atoms with van der Waals surface area (Å²) in [6, 6.07) is 3.35. The molecular weight excluding hydrogens is 314 g/mol. The average molecular weight is 334 g/mol. The molecule has 0 aliphatic heterocycles. The summed E-state index contributed by atoms with van der Waals surface area (Å²) in [6.45, 7) is 0. The van der Waals surface area contributed by atoms with E-state index in [1.54, 1.807) is 18.3 Å². The number of carbonyl (C=O) groups is 2. The molecule has 4 bridgehead atoms. The maximum absolute atomic E-state index is 12.8. The van der Waals surface area contributed by atoms with Gasteiger partial charge in [0.1, 0.15) is 0 Å². The van der Waals surface area contributed by atoms with Gasteiger partial charge < -0.3 is 0 Å². The Morgan fingerprint density at radius 1 is 1.17 bits per heavy atom. The molecule has 2 N–H and O–H groups in total. The molecule has 2 atom stereocenters. The van der Waals surface area contributed by atoms with E-state index in [4.69, 9.17) is 11.6 Å². The normalized spacial score (nSPS) is 37.4. The summed E-state index contributed by atoms with van der Waals surface area (Å²) in [7, 11) is 0. The van der Waals surface area contributed by atoms with Crippen molar-refractivity contribution in [2.24, 2.45) is 17.3 Å². The Labute approximate surface area is 140 Å². The summed E-state index contributed by atoms with van der Waals surface area (Å²) in [5.41, 5.74) is 5.16. The van der Waals surface area contributed by atoms with Gasteiger partial charge in [-0.3, -0.25) is 25.4 Å². The van der Waals surface area contributed by atoms with E-state index in [9.17, 15) is 9.59 Å². The van der Waals surface area contributed by atoms with Gasteiger partial charge in [0.2, 0.25) is 5.91 Å². The zero-order chi connectivity index (χ0) is 16.1. The largest absolute Gasteiger partial charge is 0.273 e. The predicted molar refractivity (Wildman–Crippen MR) is 85.5 cm³/mol. The van der Waals surface area contributed by atoms with Crippen molar-refractivity contribution < 1.29 is 9.59 Å². The first-order valence-corrected chi connectivity index (χ1v) is 8.56. The lowest BCUT2D eigenvalue weighted by atomic mass is 9.49. The van der Waals surface area contributed by atoms with E-state index in [0.29, 0.717) is 17.4 Å². The highest BCUT2D eigenvalue weighted by Crippen LogP contribution is 2.63. The molecule has 0 saturated heterocycles. The number of hydrazine groups is 1. The molecule has 0 radical (unpaired) electrons. The van der Waals surface area contributed by atoms with Gasteiger partial charge in [-0.15, -0.1) is 11.6 Å². The first kappa shape index (κ1) is 14.9. The third-order valence-electron chi connectivity index (χ3n) is 5.68. The second kappa shape index (κ2) is 5.20. The molecule has 0 spiro atoms. The van der Waals surface area contributed by atoms with Crippen molar-refractivity contribution in [2.75, 3.05) is 0 Å². The van der Waals surface area contributed by atoms with E-state index in [1.165, 1.54) is 12.6 Å². The fourth-order valence-electron chi connectivity index (χ4n) is 5.23. The zero-order valence-electron chi connectivity index (χ0n) is 12.8. The minimum Gasteiger partial charge on any atom is -0.273 e. The molecule has 4 fully saturated rings. The average Bonchev–Trinajstić information content (AvgIpc) is 2.50. The molecule has 4 saturated carbocycles. The number of nitrogens with one attached hydrogen (secondary N) is 2. The van der Waals surface area contributed by atoms with Crippen molar-refractivity contribution in [3.8, 4) is 0 Å². The third-order valence-corrected chi connectivity index (χ3v) is 6.13. The summed E-state index contributed by atoms with van der Waals surface area (Å²) < 4.78 is 0. The molecule has 2 amide bonds. The Balaban J connectivity index is 1.44. The molecule has 5 nitrogen and oxygen atoms in total. The lowest BCUT2D eigenvalue weighted by Crippen LogP contribution is -2.60. The third kappa shape index (κ3) is 2.61. The summed E-state index contributed by atoms with van der Waals surface area (Å²) in [5.74, 6) is 0.660. The van der Waals surface area contributed by atoms with Crippen molar-refractivity contribution in [2.45, 2.75) is 43.4 Å². The first-order chi connectivity index (χ1) is 11.0. The molecular formula is C17H20ClN3O2. The van der Waals surface area contributed by atoms with Gasteiger partial charge in [0.15, 0.2) is 0 Å². The van der Waals surface area contributed by atoms with Gasteiger partial charge in [-0.1, -0.05) is 0 Å². The van der Waals surface area contributed by atoms with Gasteiger partial charge in [-0.05, 0) is 62.5 Å². The fraction of sp³-hybridized carbons (Fsp3) is 0.588. The van der Waals surface area contributed by atoms with Gasteiger partial charge in [0.25, 0.3) is 5.91 Å². The van der Waals surface area contributed by atoms with Crippen LogP contribution in [-0.4, -0.2) is 21.7 Å². The highest BCUT2D eigenvalue weighted by molar-refractivity contribution is 6.24. The zero-order valence-corrected chi connectivity index (χ0v) is 13.6. The van der Waals surface area contributed by atoms with Crippen molar-refractivity contribution in [1.82, 2.24) is 15.8 Å². The second-order valence-corrected chi connectivity index (χ2v) is 8.34. The molecule has 4 aliphatic carbocycles. The molecule has 5 rings (SSSR count). The minimum absolute atomic E-state index is 0.0890. The van der Waals surface area contributed by atoms with Crippen molar-refractivity contribution in [3.63, 3.8) is 0 Å². The van der Waals surface area contributed by atoms with Crippen LogP contribution in [-0.2, 0) is 4.79 Å². The van der Waals surface area contributed by atoms with Gasteiger partial charge in [-0.25, -0.2) is 0 Å². The van der Waals surface area contributed by atoms with Crippen LogP contribution in [0.4, 0.5) is 0 Å². The molecule has 1 aromatic heterocycles. The molecule has 2 unspecified atom stereocenters. The number of hydrogen-bond donors (Lipinski definition) is 2. The van der Waals surface area contributed by atoms with Crippen LogP contribution in [0.3, 0.4) is 0 Å². The standard InChI is InChI=1S/C17H20ClN3O2/c18-17-7-11-4-12(8-17)6-16(5-11,10-17)15(23)21-20-14(22)13-2-1-3-19-9-13/h1-3,9,11-12H,4-8,10H2,(H,20,22)(H,21,23). The Hall–Kier alpha value is -1.62. The van der Waals surface area contributed by atoms with Gasteiger partial charge in [-0.2, -0.15) is 0 Å². The van der Waals surface area contributed by atoms with Gasteiger partial charge >= 0.3 is 0 Å². The topological polar surface area (TPSA) is 71.1 Å². The van der Waals surface area contributed by atoms with Crippen molar-refractivity contribution >= 4 is 23.4 Å². The number of amides is 2. The summed E-state index contributed by atoms with van der Waals surface area (Å²) in [5, 5.41) is 0. The van der Waals surface area contributed by atoms with Crippen LogP contribution in [0.15, 0.2) is 24.5 Å². The molecule has 1 aromatic rings. The Morgan fingerprint density at radius 3 is 2.52 bits per heavy atom. The van der Waals surface area contributed by atoms with E-state index in [2.05, 4.69) is 15.8 Å². The van der Waals surface area contributed by atoms with Crippen molar-refractivity contribution in [1.29, 1.82) is 0 Å². The highest BCUT2D eigenvalue weighted by Gasteiger charge is 2.60. The summed E-state index contributed by atoms with van der Waals surface area (Å²) in [6.07, 6.45) is 8.85. The molecule has 0 aromatic carbocycles. The number of pyridine rings is 1. The Morgan fingerprint density at radius 2 is 1.91 bits per heavy atom. The van der Waals surface area contributed by atoms with Crippen molar-refractivity contribution in [3.05, 3.63) is 30.1 Å². The number of nitrogens with zero attached hydrogens (tertiary/aromatic N) is 1. The quantitative estimate of drug-likeness (QED) is 0.645. The van der Waals surface area contributed by atoms with E-state index in [-0.39, 0.29) is 16.7 Å². The Kier molecular flexibility index (Phi) is 3.38. The summed E-state index contributed by atoms with van der Waals surface area (Å²) in [4.78, 5) is 28.5. The lowest BCUT2D eigenvalue weighted by molar-refractivity contribution is -0.145. The van der Waals surface area contributed by atoms with Crippen LogP contribution in [0.5, 0.6) is 0 Å². The predicted octanol–water partition coefficient (Wildman–Crippen LogP) is 2.42. The monoisotopic (exact) mass is 333 g/mol. The van der Waals surface area contributed by atoms with Crippen LogP contribution < -0.4 is 10.9 Å². The van der Waals surface area contributed by atoms with E-state index in [0.717, 1.165) is 32.1 Å². The molecule has 4 aliphatic rings. The smallest absolute Gasteiger partial charge is 0.271 e. The number of carbonyl (C=O) groups excluding carboxylic acids is 2. The Bertz CT molecular complexity index is 634. The minimum atomic E-state index is -0.409. The van der Waals surface area contributed by atoms with Crippen LogP contribution in [0.1, 0.15) is 48.9 Å². The maximum Gasteiger partial charge on any atom is 0.271 e. The van der Waals surface area contributed by atoms with E-state index >= 15 is 0 Å². The van der Waals surface area contributed by atoms with Crippen LogP contribution in [0.25, 0.3) is 0 Å². The highest BCUT2D eigenvalue weighted by atomic mass is 35.5. The van der Waals surface area contributed by atoms with E-state index in [1.807, 2.05) is 0 Å². The first-order valence-electron chi connectivity index (χ1n) is 8.18. The summed E-state index contributed by atoms with van der Waals surface area (Å²) >= 11 is 6.75. The number of hydrogen-bond acceptors (Lipinski definition) is 3. The van der Waals surface area contributed by atoms with Crippen LogP contribution >= 0.6 is 11.6 Å². The SMILES string of the molecule is O=C(NNC(=O)C12CC3CC(CC(Cl)(C3)C1)C2)c1cccnc1. The fourth-order valence-corrected chi connectivity index (χ4v) is 5.92. The number of alkyl halides is 1.